The highest BCUT2D eigenvalue weighted by molar-refractivity contribution is 8.25. The van der Waals surface area contributed by atoms with Crippen LogP contribution in [-0.4, -0.2) is 17.4 Å². The molecule has 1 saturated heterocycles. The second-order valence-corrected chi connectivity index (χ2v) is 5.70. The molecule has 17 heavy (non-hydrogen) atoms. The van der Waals surface area contributed by atoms with Crippen LogP contribution < -0.4 is 5.32 Å². The molecule has 0 atom stereocenters. The molecule has 2 heterocycles. The van der Waals surface area contributed by atoms with E-state index in [0.29, 0.717) is 12.3 Å². The Bertz CT molecular complexity index is 466. The molecular weight excluding hydrogens is 256 g/mol. The summed E-state index contributed by atoms with van der Waals surface area (Å²) in [5.74, 6) is 2.25. The van der Waals surface area contributed by atoms with E-state index in [1.165, 1.54) is 0 Å². The molecule has 1 N–H and O–H groups in total. The SMILES string of the molecule is N#CC(C(=O)NCc1ccco1)=C1SCCS1. The average molecular weight is 266 g/mol. The average Bonchev–Trinajstić information content (AvgIpc) is 3.00. The molecule has 0 bridgehead atoms. The summed E-state index contributed by atoms with van der Waals surface area (Å²) >= 11 is 3.13. The van der Waals surface area contributed by atoms with Crippen LogP contribution in [-0.2, 0) is 11.3 Å². The molecule has 0 aromatic carbocycles. The maximum absolute atomic E-state index is 11.8. The standard InChI is InChI=1S/C11H10N2O2S2/c12-6-9(11-16-4-5-17-11)10(14)13-7-8-2-1-3-15-8/h1-3H,4-5,7H2,(H,13,14). The van der Waals surface area contributed by atoms with Gasteiger partial charge in [-0.1, -0.05) is 0 Å². The van der Waals surface area contributed by atoms with E-state index < -0.39 is 0 Å². The number of hydrogen-bond donors (Lipinski definition) is 1. The normalized spacial score (nSPS) is 14.4. The van der Waals surface area contributed by atoms with Crippen LogP contribution in [0.15, 0.2) is 32.6 Å². The van der Waals surface area contributed by atoms with Gasteiger partial charge in [0, 0.05) is 11.5 Å². The van der Waals surface area contributed by atoms with Crippen molar-refractivity contribution in [2.24, 2.45) is 0 Å². The molecule has 0 unspecified atom stereocenters. The molecule has 1 aliphatic rings. The highest BCUT2D eigenvalue weighted by atomic mass is 32.2. The smallest absolute Gasteiger partial charge is 0.264 e. The quantitative estimate of drug-likeness (QED) is 0.670. The van der Waals surface area contributed by atoms with Crippen molar-refractivity contribution in [3.05, 3.63) is 34.0 Å². The first-order valence-electron chi connectivity index (χ1n) is 5.02. The van der Waals surface area contributed by atoms with Gasteiger partial charge in [-0.05, 0) is 12.1 Å². The van der Waals surface area contributed by atoms with Crippen molar-refractivity contribution in [3.63, 3.8) is 0 Å². The van der Waals surface area contributed by atoms with E-state index in [0.717, 1.165) is 15.7 Å². The van der Waals surface area contributed by atoms with Crippen LogP contribution in [0.5, 0.6) is 0 Å². The molecule has 0 aliphatic carbocycles. The first-order chi connectivity index (χ1) is 8.31. The molecule has 0 radical (unpaired) electrons. The molecule has 0 saturated carbocycles. The molecule has 1 aromatic rings. The number of carbonyl (C=O) groups excluding carboxylic acids is 1. The largest absolute Gasteiger partial charge is 0.467 e. The highest BCUT2D eigenvalue weighted by Gasteiger charge is 2.19. The van der Waals surface area contributed by atoms with Crippen LogP contribution in [0.2, 0.25) is 0 Å². The van der Waals surface area contributed by atoms with E-state index in [-0.39, 0.29) is 11.5 Å². The molecule has 1 aromatic heterocycles. The number of hydrogen-bond acceptors (Lipinski definition) is 5. The maximum atomic E-state index is 11.8. The number of nitrogens with zero attached hydrogens (tertiary/aromatic N) is 1. The zero-order valence-corrected chi connectivity index (χ0v) is 10.6. The van der Waals surface area contributed by atoms with Gasteiger partial charge in [-0.2, -0.15) is 5.26 Å². The third-order valence-electron chi connectivity index (χ3n) is 2.10. The summed E-state index contributed by atoms with van der Waals surface area (Å²) in [4.78, 5) is 11.8. The Kier molecular flexibility index (Phi) is 4.18. The van der Waals surface area contributed by atoms with Gasteiger partial charge in [0.25, 0.3) is 5.91 Å². The Morgan fingerprint density at radius 2 is 2.29 bits per heavy atom. The van der Waals surface area contributed by atoms with Gasteiger partial charge in [0.15, 0.2) is 0 Å². The van der Waals surface area contributed by atoms with Crippen molar-refractivity contribution < 1.29 is 9.21 Å². The molecule has 2 rings (SSSR count). The fourth-order valence-corrected chi connectivity index (χ4v) is 3.75. The van der Waals surface area contributed by atoms with Gasteiger partial charge < -0.3 is 9.73 Å². The summed E-state index contributed by atoms with van der Waals surface area (Å²) in [6.07, 6.45) is 1.55. The molecule has 0 spiro atoms. The number of nitrogens with one attached hydrogen (secondary N) is 1. The number of amides is 1. The lowest BCUT2D eigenvalue weighted by Gasteiger charge is -2.03. The second kappa shape index (κ2) is 5.84. The number of thioether (sulfide) groups is 2. The molecular formula is C11H10N2O2S2. The first kappa shape index (κ1) is 12.1. The number of rotatable bonds is 3. The Hall–Kier alpha value is -1.32. The molecule has 1 amide bonds. The predicted octanol–water partition coefficient (Wildman–Crippen LogP) is 2.11. The predicted molar refractivity (Wildman–Crippen MR) is 68.1 cm³/mol. The monoisotopic (exact) mass is 266 g/mol. The fourth-order valence-electron chi connectivity index (χ4n) is 1.31. The van der Waals surface area contributed by atoms with Gasteiger partial charge in [0.05, 0.1) is 17.0 Å². The fraction of sp³-hybridized carbons (Fsp3) is 0.273. The van der Waals surface area contributed by atoms with Crippen molar-refractivity contribution in [1.29, 1.82) is 5.26 Å². The minimum Gasteiger partial charge on any atom is -0.467 e. The molecule has 88 valence electrons. The summed E-state index contributed by atoms with van der Waals surface area (Å²) in [7, 11) is 0. The molecule has 1 aliphatic heterocycles. The molecule has 1 fully saturated rings. The van der Waals surface area contributed by atoms with Crippen LogP contribution in [0, 0.1) is 11.3 Å². The zero-order chi connectivity index (χ0) is 12.1. The number of carbonyl (C=O) groups is 1. The third-order valence-corrected chi connectivity index (χ3v) is 4.81. The third kappa shape index (κ3) is 3.08. The Labute approximate surface area is 107 Å². The first-order valence-corrected chi connectivity index (χ1v) is 6.99. The van der Waals surface area contributed by atoms with E-state index in [1.54, 1.807) is 41.9 Å². The molecule has 6 heteroatoms. The lowest BCUT2D eigenvalue weighted by atomic mass is 10.3. The van der Waals surface area contributed by atoms with E-state index in [9.17, 15) is 4.79 Å². The maximum Gasteiger partial charge on any atom is 0.264 e. The summed E-state index contributed by atoms with van der Waals surface area (Å²) in [5, 5.41) is 11.7. The van der Waals surface area contributed by atoms with Crippen molar-refractivity contribution in [1.82, 2.24) is 5.32 Å². The van der Waals surface area contributed by atoms with E-state index >= 15 is 0 Å². The Balaban J connectivity index is 1.99. The minimum atomic E-state index is -0.333. The van der Waals surface area contributed by atoms with Crippen molar-refractivity contribution in [2.45, 2.75) is 6.54 Å². The van der Waals surface area contributed by atoms with Gasteiger partial charge in [0.2, 0.25) is 0 Å². The number of furan rings is 1. The van der Waals surface area contributed by atoms with Crippen LogP contribution in [0.4, 0.5) is 0 Å². The summed E-state index contributed by atoms with van der Waals surface area (Å²) < 4.78 is 5.92. The van der Waals surface area contributed by atoms with Gasteiger partial charge in [0.1, 0.15) is 17.4 Å². The van der Waals surface area contributed by atoms with Crippen molar-refractivity contribution in [3.8, 4) is 6.07 Å². The Morgan fingerprint density at radius 3 is 2.88 bits per heavy atom. The highest BCUT2D eigenvalue weighted by Crippen LogP contribution is 2.38. The van der Waals surface area contributed by atoms with Gasteiger partial charge in [-0.3, -0.25) is 4.79 Å². The topological polar surface area (TPSA) is 66.0 Å². The van der Waals surface area contributed by atoms with E-state index in [2.05, 4.69) is 5.32 Å². The Morgan fingerprint density at radius 1 is 1.53 bits per heavy atom. The van der Waals surface area contributed by atoms with Crippen LogP contribution in [0.3, 0.4) is 0 Å². The van der Waals surface area contributed by atoms with Gasteiger partial charge >= 0.3 is 0 Å². The minimum absolute atomic E-state index is 0.212. The number of nitriles is 1. The van der Waals surface area contributed by atoms with Crippen LogP contribution >= 0.6 is 23.5 Å². The lowest BCUT2D eigenvalue weighted by molar-refractivity contribution is -0.117. The van der Waals surface area contributed by atoms with Gasteiger partial charge in [-0.15, -0.1) is 23.5 Å². The summed E-state index contributed by atoms with van der Waals surface area (Å²) in [6.45, 7) is 0.305. The van der Waals surface area contributed by atoms with Crippen LogP contribution in [0.25, 0.3) is 0 Å². The van der Waals surface area contributed by atoms with Crippen molar-refractivity contribution in [2.75, 3.05) is 11.5 Å². The van der Waals surface area contributed by atoms with Gasteiger partial charge in [-0.25, -0.2) is 0 Å². The van der Waals surface area contributed by atoms with Crippen LogP contribution in [0.1, 0.15) is 5.76 Å². The summed E-state index contributed by atoms with van der Waals surface area (Å²) in [6, 6.07) is 5.50. The lowest BCUT2D eigenvalue weighted by Crippen LogP contribution is -2.24. The zero-order valence-electron chi connectivity index (χ0n) is 8.93. The summed E-state index contributed by atoms with van der Waals surface area (Å²) in [5.41, 5.74) is 0.212. The van der Waals surface area contributed by atoms with E-state index in [1.807, 2.05) is 6.07 Å². The second-order valence-electron chi connectivity index (χ2n) is 3.23. The molecule has 4 nitrogen and oxygen atoms in total. The van der Waals surface area contributed by atoms with Crippen molar-refractivity contribution >= 4 is 29.4 Å². The van der Waals surface area contributed by atoms with E-state index in [4.69, 9.17) is 9.68 Å².